The smallest absolute Gasteiger partial charge is 0.256 e. The summed E-state index contributed by atoms with van der Waals surface area (Å²) in [5.41, 5.74) is 0.137. The number of amides is 1. The fraction of sp³-hybridized carbons (Fsp3) is 0.708. The largest absolute Gasteiger partial charge is 0.492 e. The van der Waals surface area contributed by atoms with Gasteiger partial charge in [0.1, 0.15) is 18.0 Å². The maximum atomic E-state index is 13.1. The molecule has 5 nitrogen and oxygen atoms in total. The Labute approximate surface area is 176 Å². The molecule has 29 heavy (non-hydrogen) atoms. The van der Waals surface area contributed by atoms with Crippen LogP contribution in [0.1, 0.15) is 71.1 Å². The van der Waals surface area contributed by atoms with Crippen molar-refractivity contribution < 1.29 is 14.3 Å². The summed E-state index contributed by atoms with van der Waals surface area (Å²) in [5, 5.41) is 3.10. The molecule has 0 bridgehead atoms. The fourth-order valence-corrected chi connectivity index (χ4v) is 4.39. The summed E-state index contributed by atoms with van der Waals surface area (Å²) in [7, 11) is 0. The van der Waals surface area contributed by atoms with Gasteiger partial charge in [-0.25, -0.2) is 0 Å². The molecule has 0 aromatic heterocycles. The van der Waals surface area contributed by atoms with E-state index in [9.17, 15) is 4.79 Å². The van der Waals surface area contributed by atoms with Crippen molar-refractivity contribution in [1.82, 2.24) is 4.90 Å². The second-order valence-corrected chi connectivity index (χ2v) is 8.49. The summed E-state index contributed by atoms with van der Waals surface area (Å²) in [6.07, 6.45) is 11.0. The summed E-state index contributed by atoms with van der Waals surface area (Å²) < 4.78 is 12.0. The van der Waals surface area contributed by atoms with Gasteiger partial charge in [-0.1, -0.05) is 39.0 Å². The number of rotatable bonds is 9. The Kier molecular flexibility index (Phi) is 8.81. The van der Waals surface area contributed by atoms with Crippen LogP contribution in [0.15, 0.2) is 24.3 Å². The molecule has 1 aromatic rings. The van der Waals surface area contributed by atoms with E-state index < -0.39 is 5.60 Å². The van der Waals surface area contributed by atoms with Crippen molar-refractivity contribution in [3.8, 4) is 5.75 Å². The molecule has 3 rings (SSSR count). The van der Waals surface area contributed by atoms with E-state index in [0.29, 0.717) is 13.2 Å². The number of nitrogens with zero attached hydrogens (tertiary/aromatic N) is 1. The SMILES string of the molecule is CCCOC1(C(=O)Nc2ccc(OCCN3CCCCC3)cc2)CCCCCC1. The predicted octanol–water partition coefficient (Wildman–Crippen LogP) is 5.01. The number of carbonyl (C=O) groups excluding carboxylic acids is 1. The highest BCUT2D eigenvalue weighted by molar-refractivity contribution is 5.97. The van der Waals surface area contributed by atoms with E-state index in [2.05, 4.69) is 17.1 Å². The normalized spacial score (nSPS) is 20.0. The van der Waals surface area contributed by atoms with Crippen LogP contribution in [0.25, 0.3) is 0 Å². The first-order valence-corrected chi connectivity index (χ1v) is 11.6. The van der Waals surface area contributed by atoms with E-state index in [0.717, 1.165) is 50.1 Å². The Hall–Kier alpha value is -1.59. The van der Waals surface area contributed by atoms with E-state index in [1.165, 1.54) is 45.2 Å². The average Bonchev–Trinajstić information content (AvgIpc) is 3.01. The second kappa shape index (κ2) is 11.6. The Balaban J connectivity index is 1.51. The standard InChI is InChI=1S/C24H38N2O3/c1-2-19-29-24(14-6-3-4-7-15-24)23(27)25-21-10-12-22(13-11-21)28-20-18-26-16-8-5-9-17-26/h10-13H,2-9,14-20H2,1H3,(H,25,27). The maximum absolute atomic E-state index is 13.1. The van der Waals surface area contributed by atoms with Crippen LogP contribution >= 0.6 is 0 Å². The van der Waals surface area contributed by atoms with Crippen molar-refractivity contribution in [2.45, 2.75) is 76.7 Å². The van der Waals surface area contributed by atoms with E-state index >= 15 is 0 Å². The number of carbonyl (C=O) groups is 1. The highest BCUT2D eigenvalue weighted by atomic mass is 16.5. The Morgan fingerprint density at radius 3 is 2.28 bits per heavy atom. The van der Waals surface area contributed by atoms with Gasteiger partial charge in [0.15, 0.2) is 0 Å². The fourth-order valence-electron chi connectivity index (χ4n) is 4.39. The van der Waals surface area contributed by atoms with Gasteiger partial charge in [0, 0.05) is 18.8 Å². The van der Waals surface area contributed by atoms with Gasteiger partial charge in [0.25, 0.3) is 5.91 Å². The predicted molar refractivity (Wildman–Crippen MR) is 118 cm³/mol. The van der Waals surface area contributed by atoms with Crippen LogP contribution < -0.4 is 10.1 Å². The Morgan fingerprint density at radius 2 is 1.62 bits per heavy atom. The zero-order chi connectivity index (χ0) is 20.4. The quantitative estimate of drug-likeness (QED) is 0.590. The third-order valence-corrected chi connectivity index (χ3v) is 6.14. The topological polar surface area (TPSA) is 50.8 Å². The Bertz CT molecular complexity index is 603. The summed E-state index contributed by atoms with van der Waals surface area (Å²) in [6, 6.07) is 7.74. The first kappa shape index (κ1) is 22.1. The minimum Gasteiger partial charge on any atom is -0.492 e. The van der Waals surface area contributed by atoms with Gasteiger partial charge in [0.2, 0.25) is 0 Å². The molecule has 0 unspecified atom stereocenters. The molecule has 0 spiro atoms. The summed E-state index contributed by atoms with van der Waals surface area (Å²) in [4.78, 5) is 15.6. The number of piperidine rings is 1. The molecule has 1 aromatic carbocycles. The number of nitrogens with one attached hydrogen (secondary N) is 1. The van der Waals surface area contributed by atoms with Crippen molar-refractivity contribution in [3.63, 3.8) is 0 Å². The van der Waals surface area contributed by atoms with Gasteiger partial charge < -0.3 is 14.8 Å². The van der Waals surface area contributed by atoms with Gasteiger partial charge in [-0.05, 0) is 69.5 Å². The third kappa shape index (κ3) is 6.71. The van der Waals surface area contributed by atoms with Gasteiger partial charge in [-0.15, -0.1) is 0 Å². The van der Waals surface area contributed by atoms with Gasteiger partial charge in [0.05, 0.1) is 0 Å². The molecule has 5 heteroatoms. The minimum atomic E-state index is -0.671. The molecule has 1 saturated heterocycles. The first-order valence-electron chi connectivity index (χ1n) is 11.6. The molecule has 1 aliphatic heterocycles. The molecule has 0 atom stereocenters. The molecular weight excluding hydrogens is 364 g/mol. The van der Waals surface area contributed by atoms with Crippen LogP contribution in [0, 0.1) is 0 Å². The molecule has 0 radical (unpaired) electrons. The lowest BCUT2D eigenvalue weighted by Gasteiger charge is -2.31. The highest BCUT2D eigenvalue weighted by Gasteiger charge is 2.39. The van der Waals surface area contributed by atoms with E-state index in [4.69, 9.17) is 9.47 Å². The third-order valence-electron chi connectivity index (χ3n) is 6.14. The molecule has 1 N–H and O–H groups in total. The molecule has 1 saturated carbocycles. The maximum Gasteiger partial charge on any atom is 0.256 e. The summed E-state index contributed by atoms with van der Waals surface area (Å²) >= 11 is 0. The monoisotopic (exact) mass is 402 g/mol. The van der Waals surface area contributed by atoms with Crippen LogP contribution in [0.3, 0.4) is 0 Å². The van der Waals surface area contributed by atoms with Crippen molar-refractivity contribution >= 4 is 11.6 Å². The lowest BCUT2D eigenvalue weighted by molar-refractivity contribution is -0.143. The minimum absolute atomic E-state index is 0.00613. The highest BCUT2D eigenvalue weighted by Crippen LogP contribution is 2.32. The number of likely N-dealkylation sites (tertiary alicyclic amines) is 1. The summed E-state index contributed by atoms with van der Waals surface area (Å²) in [5.74, 6) is 0.859. The van der Waals surface area contributed by atoms with Crippen molar-refractivity contribution in [2.75, 3.05) is 38.2 Å². The molecule has 1 heterocycles. The number of benzene rings is 1. The van der Waals surface area contributed by atoms with E-state index in [-0.39, 0.29) is 5.91 Å². The molecule has 1 amide bonds. The van der Waals surface area contributed by atoms with E-state index in [1.54, 1.807) is 0 Å². The first-order chi connectivity index (χ1) is 14.2. The van der Waals surface area contributed by atoms with Gasteiger partial charge in [-0.3, -0.25) is 9.69 Å². The lowest BCUT2D eigenvalue weighted by atomic mass is 9.92. The second-order valence-electron chi connectivity index (χ2n) is 8.49. The van der Waals surface area contributed by atoms with Crippen LogP contribution in [-0.4, -0.2) is 49.3 Å². The number of ether oxygens (including phenoxy) is 2. The van der Waals surface area contributed by atoms with Crippen molar-refractivity contribution in [3.05, 3.63) is 24.3 Å². The number of anilines is 1. The molecule has 2 fully saturated rings. The lowest BCUT2D eigenvalue weighted by Crippen LogP contribution is -2.45. The molecule has 2 aliphatic rings. The van der Waals surface area contributed by atoms with Gasteiger partial charge >= 0.3 is 0 Å². The molecule has 162 valence electrons. The molecular formula is C24H38N2O3. The number of hydrogen-bond acceptors (Lipinski definition) is 4. The zero-order valence-corrected chi connectivity index (χ0v) is 18.1. The van der Waals surface area contributed by atoms with Crippen LogP contribution in [0.5, 0.6) is 5.75 Å². The average molecular weight is 403 g/mol. The summed E-state index contributed by atoms with van der Waals surface area (Å²) in [6.45, 7) is 6.80. The number of hydrogen-bond donors (Lipinski definition) is 1. The van der Waals surface area contributed by atoms with Crippen LogP contribution in [0.2, 0.25) is 0 Å². The van der Waals surface area contributed by atoms with Gasteiger partial charge in [-0.2, -0.15) is 0 Å². The molecule has 1 aliphatic carbocycles. The van der Waals surface area contributed by atoms with E-state index in [1.807, 2.05) is 24.3 Å². The van der Waals surface area contributed by atoms with Crippen LogP contribution in [0.4, 0.5) is 5.69 Å². The zero-order valence-electron chi connectivity index (χ0n) is 18.1. The Morgan fingerprint density at radius 1 is 0.966 bits per heavy atom. The van der Waals surface area contributed by atoms with Crippen LogP contribution in [-0.2, 0) is 9.53 Å². The van der Waals surface area contributed by atoms with Crippen molar-refractivity contribution in [1.29, 1.82) is 0 Å². The van der Waals surface area contributed by atoms with Crippen molar-refractivity contribution in [2.24, 2.45) is 0 Å².